The van der Waals surface area contributed by atoms with Gasteiger partial charge in [0.05, 0.1) is 35.7 Å². The van der Waals surface area contributed by atoms with Crippen molar-refractivity contribution in [2.75, 3.05) is 5.32 Å². The molecule has 0 saturated carbocycles. The van der Waals surface area contributed by atoms with Crippen molar-refractivity contribution in [2.45, 2.75) is 20.0 Å². The molecule has 9 heteroatoms. The molecule has 0 spiro atoms. The largest absolute Gasteiger partial charge is 0.344 e. The van der Waals surface area contributed by atoms with Gasteiger partial charge in [0.15, 0.2) is 0 Å². The molecular formula is C20H15FIN5OS. The number of nitrogens with zero attached hydrogens (tertiary/aromatic N) is 3. The number of nitrogens with one attached hydrogen (secondary N) is 2. The number of thiophene rings is 1. The third kappa shape index (κ3) is 3.27. The van der Waals surface area contributed by atoms with Crippen molar-refractivity contribution in [3.63, 3.8) is 0 Å². The number of H-pyrrole nitrogens is 1. The van der Waals surface area contributed by atoms with E-state index in [0.717, 1.165) is 31.0 Å². The van der Waals surface area contributed by atoms with Crippen LogP contribution in [0, 0.1) is 16.3 Å². The van der Waals surface area contributed by atoms with Gasteiger partial charge in [0.25, 0.3) is 5.91 Å². The number of imidazole rings is 1. The predicted molar refractivity (Wildman–Crippen MR) is 119 cm³/mol. The minimum atomic E-state index is -0.364. The van der Waals surface area contributed by atoms with Crippen molar-refractivity contribution in [2.24, 2.45) is 0 Å². The van der Waals surface area contributed by atoms with Crippen LogP contribution >= 0.6 is 33.9 Å². The second kappa shape index (κ2) is 7.06. The molecule has 29 heavy (non-hydrogen) atoms. The van der Waals surface area contributed by atoms with Crippen LogP contribution < -0.4 is 5.32 Å². The SMILES string of the molecule is Cc1nc2c([nH]1)CN(C(=O)c1c(Nc3ccc(I)cc3F)sc3ncccc13)C2. The van der Waals surface area contributed by atoms with Crippen molar-refractivity contribution in [1.82, 2.24) is 19.9 Å². The number of carbonyl (C=O) groups is 1. The Morgan fingerprint density at radius 3 is 3.00 bits per heavy atom. The molecule has 0 bridgehead atoms. The zero-order valence-corrected chi connectivity index (χ0v) is 18.3. The first kappa shape index (κ1) is 18.5. The van der Waals surface area contributed by atoms with E-state index in [1.807, 2.05) is 19.1 Å². The number of hydrogen-bond acceptors (Lipinski definition) is 5. The van der Waals surface area contributed by atoms with Crippen LogP contribution in [0.3, 0.4) is 0 Å². The molecule has 3 aromatic heterocycles. The lowest BCUT2D eigenvalue weighted by Gasteiger charge is -2.17. The van der Waals surface area contributed by atoms with Crippen LogP contribution in [0.25, 0.3) is 10.2 Å². The lowest BCUT2D eigenvalue weighted by molar-refractivity contribution is 0.0752. The van der Waals surface area contributed by atoms with Crippen LogP contribution in [-0.4, -0.2) is 25.8 Å². The number of pyridine rings is 1. The Hall–Kier alpha value is -2.53. The van der Waals surface area contributed by atoms with E-state index in [9.17, 15) is 9.18 Å². The summed E-state index contributed by atoms with van der Waals surface area (Å²) in [5.74, 6) is 0.363. The molecule has 4 heterocycles. The van der Waals surface area contributed by atoms with E-state index in [2.05, 4.69) is 42.9 Å². The molecule has 6 nitrogen and oxygen atoms in total. The maximum absolute atomic E-state index is 14.4. The van der Waals surface area contributed by atoms with Gasteiger partial charge in [0.1, 0.15) is 21.5 Å². The molecule has 4 aromatic rings. The molecule has 1 amide bonds. The second-order valence-corrected chi connectivity index (χ2v) is 9.06. The standard InChI is InChI=1S/C20H15FIN5OS/c1-10-24-15-8-27(9-16(15)25-10)20(28)17-12-3-2-6-23-18(12)29-19(17)26-14-5-4-11(22)7-13(14)21/h2-7,26H,8-9H2,1H3,(H,24,25). The molecule has 2 N–H and O–H groups in total. The summed E-state index contributed by atoms with van der Waals surface area (Å²) < 4.78 is 15.2. The van der Waals surface area contributed by atoms with Gasteiger partial charge in [-0.2, -0.15) is 0 Å². The van der Waals surface area contributed by atoms with Crippen molar-refractivity contribution in [1.29, 1.82) is 0 Å². The number of halogens is 2. The van der Waals surface area contributed by atoms with E-state index >= 15 is 0 Å². The first-order valence-corrected chi connectivity index (χ1v) is 10.8. The zero-order chi connectivity index (χ0) is 20.1. The summed E-state index contributed by atoms with van der Waals surface area (Å²) in [6.45, 7) is 2.83. The van der Waals surface area contributed by atoms with Gasteiger partial charge in [-0.3, -0.25) is 4.79 Å². The molecule has 0 radical (unpaired) electrons. The highest BCUT2D eigenvalue weighted by Gasteiger charge is 2.31. The number of fused-ring (bicyclic) bond motifs is 2. The molecule has 1 aromatic carbocycles. The Kier molecular flexibility index (Phi) is 4.50. The molecule has 0 saturated heterocycles. The van der Waals surface area contributed by atoms with E-state index in [-0.39, 0.29) is 11.7 Å². The van der Waals surface area contributed by atoms with Gasteiger partial charge < -0.3 is 15.2 Å². The van der Waals surface area contributed by atoms with Gasteiger partial charge in [-0.15, -0.1) is 0 Å². The smallest absolute Gasteiger partial charge is 0.258 e. The molecule has 146 valence electrons. The molecule has 5 rings (SSSR count). The fourth-order valence-electron chi connectivity index (χ4n) is 3.53. The summed E-state index contributed by atoms with van der Waals surface area (Å²) in [4.78, 5) is 28.0. The molecule has 0 aliphatic carbocycles. The van der Waals surface area contributed by atoms with Crippen molar-refractivity contribution < 1.29 is 9.18 Å². The highest BCUT2D eigenvalue weighted by Crippen LogP contribution is 2.38. The molecule has 0 fully saturated rings. The zero-order valence-electron chi connectivity index (χ0n) is 15.3. The summed E-state index contributed by atoms with van der Waals surface area (Å²) in [5, 5.41) is 4.46. The van der Waals surface area contributed by atoms with Gasteiger partial charge in [0, 0.05) is 15.2 Å². The first-order chi connectivity index (χ1) is 14.0. The fourth-order valence-corrected chi connectivity index (χ4v) is 5.03. The van der Waals surface area contributed by atoms with Gasteiger partial charge in [-0.1, -0.05) is 11.3 Å². The molecular weight excluding hydrogens is 504 g/mol. The van der Waals surface area contributed by atoms with Crippen LogP contribution in [0.15, 0.2) is 36.5 Å². The summed E-state index contributed by atoms with van der Waals surface area (Å²) >= 11 is 3.41. The third-order valence-corrected chi connectivity index (χ3v) is 6.52. The topological polar surface area (TPSA) is 73.9 Å². The van der Waals surface area contributed by atoms with Crippen molar-refractivity contribution in [3.8, 4) is 0 Å². The fraction of sp³-hybridized carbons (Fsp3) is 0.150. The van der Waals surface area contributed by atoms with Crippen LogP contribution in [0.2, 0.25) is 0 Å². The number of aromatic nitrogens is 3. The summed E-state index contributed by atoms with van der Waals surface area (Å²) in [5.41, 5.74) is 2.70. The minimum Gasteiger partial charge on any atom is -0.344 e. The van der Waals surface area contributed by atoms with Crippen molar-refractivity contribution in [3.05, 3.63) is 68.7 Å². The molecule has 1 aliphatic heterocycles. The first-order valence-electron chi connectivity index (χ1n) is 8.93. The maximum Gasteiger partial charge on any atom is 0.258 e. The van der Waals surface area contributed by atoms with Gasteiger partial charge in [-0.25, -0.2) is 14.4 Å². The quantitative estimate of drug-likeness (QED) is 0.375. The van der Waals surface area contributed by atoms with Crippen LogP contribution in [-0.2, 0) is 13.1 Å². The highest BCUT2D eigenvalue weighted by atomic mass is 127. The third-order valence-electron chi connectivity index (χ3n) is 4.82. The number of aryl methyl sites for hydroxylation is 1. The number of amides is 1. The summed E-state index contributed by atoms with van der Waals surface area (Å²) in [7, 11) is 0. The van der Waals surface area contributed by atoms with Gasteiger partial charge in [0.2, 0.25) is 0 Å². The average molecular weight is 519 g/mol. The Morgan fingerprint density at radius 1 is 1.34 bits per heavy atom. The van der Waals surface area contributed by atoms with Crippen LogP contribution in [0.5, 0.6) is 0 Å². The number of carbonyl (C=O) groups excluding carboxylic acids is 1. The summed E-state index contributed by atoms with van der Waals surface area (Å²) in [6.07, 6.45) is 1.69. The van der Waals surface area contributed by atoms with E-state index in [0.29, 0.717) is 29.3 Å². The lowest BCUT2D eigenvalue weighted by Crippen LogP contribution is -2.26. The molecule has 0 atom stereocenters. The van der Waals surface area contributed by atoms with Gasteiger partial charge >= 0.3 is 0 Å². The van der Waals surface area contributed by atoms with E-state index < -0.39 is 0 Å². The Labute approximate surface area is 183 Å². The van der Waals surface area contributed by atoms with Crippen LogP contribution in [0.4, 0.5) is 15.1 Å². The maximum atomic E-state index is 14.4. The summed E-state index contributed by atoms with van der Waals surface area (Å²) in [6, 6.07) is 8.63. The van der Waals surface area contributed by atoms with Gasteiger partial charge in [-0.05, 0) is 59.8 Å². The van der Waals surface area contributed by atoms with Crippen LogP contribution in [0.1, 0.15) is 27.6 Å². The minimum absolute atomic E-state index is 0.123. The van der Waals surface area contributed by atoms with Crippen molar-refractivity contribution >= 4 is 60.7 Å². The van der Waals surface area contributed by atoms with E-state index in [1.165, 1.54) is 17.4 Å². The average Bonchev–Trinajstić information content (AvgIpc) is 3.33. The van der Waals surface area contributed by atoms with E-state index in [1.54, 1.807) is 23.2 Å². The Morgan fingerprint density at radius 2 is 2.21 bits per heavy atom. The Balaban J connectivity index is 1.54. The predicted octanol–water partition coefficient (Wildman–Crippen LogP) is 4.97. The van der Waals surface area contributed by atoms with E-state index in [4.69, 9.17) is 0 Å². The lowest BCUT2D eigenvalue weighted by atomic mass is 10.1. The molecule has 0 unspecified atom stereocenters. The normalized spacial score (nSPS) is 13.1. The number of rotatable bonds is 3. The number of aromatic amines is 1. The molecule has 1 aliphatic rings. The number of hydrogen-bond donors (Lipinski definition) is 2. The number of anilines is 2. The highest BCUT2D eigenvalue weighted by molar-refractivity contribution is 14.1. The second-order valence-electron chi connectivity index (χ2n) is 6.82. The number of benzene rings is 1. The monoisotopic (exact) mass is 519 g/mol. The Bertz CT molecular complexity index is 1240.